The molecule has 4 nitrogen and oxygen atoms in total. The molecule has 1 fully saturated rings. The van der Waals surface area contributed by atoms with Gasteiger partial charge in [-0.25, -0.2) is 4.79 Å². The Morgan fingerprint density at radius 3 is 2.46 bits per heavy atom. The van der Waals surface area contributed by atoms with Gasteiger partial charge in [-0.05, 0) is 13.5 Å². The van der Waals surface area contributed by atoms with Crippen molar-refractivity contribution in [3.8, 4) is 0 Å². The Hall–Kier alpha value is -0.610. The first-order valence-corrected chi connectivity index (χ1v) is 4.73. The predicted octanol–water partition coefficient (Wildman–Crippen LogP) is 0.0537. The summed E-state index contributed by atoms with van der Waals surface area (Å²) in [6, 6.07) is 0. The first-order valence-electron chi connectivity index (χ1n) is 4.73. The lowest BCUT2D eigenvalue weighted by Crippen LogP contribution is -2.49. The molecule has 0 spiro atoms. The molecule has 1 rings (SSSR count). The summed E-state index contributed by atoms with van der Waals surface area (Å²) in [5, 5.41) is 0. The SMILES string of the molecule is CCC(O[C]=O)N1CCN(C)CC1. The number of carbonyl (C=O) groups excluding carboxylic acids is 1. The fourth-order valence-corrected chi connectivity index (χ4v) is 1.58. The van der Waals surface area contributed by atoms with E-state index >= 15 is 0 Å². The van der Waals surface area contributed by atoms with Crippen molar-refractivity contribution in [1.29, 1.82) is 0 Å². The van der Waals surface area contributed by atoms with Gasteiger partial charge in [0.1, 0.15) is 0 Å². The van der Waals surface area contributed by atoms with Gasteiger partial charge in [0.2, 0.25) is 0 Å². The van der Waals surface area contributed by atoms with Crippen molar-refractivity contribution in [3.05, 3.63) is 0 Å². The second-order valence-corrected chi connectivity index (χ2v) is 3.40. The van der Waals surface area contributed by atoms with Crippen LogP contribution in [0.5, 0.6) is 0 Å². The summed E-state index contributed by atoms with van der Waals surface area (Å²) in [7, 11) is 2.10. The molecule has 75 valence electrons. The van der Waals surface area contributed by atoms with Crippen molar-refractivity contribution in [1.82, 2.24) is 9.80 Å². The molecule has 1 aliphatic rings. The lowest BCUT2D eigenvalue weighted by Gasteiger charge is -2.36. The maximum atomic E-state index is 10.1. The van der Waals surface area contributed by atoms with Crippen LogP contribution in [0.1, 0.15) is 13.3 Å². The molecule has 1 saturated heterocycles. The monoisotopic (exact) mass is 185 g/mol. The number of hydrogen-bond donors (Lipinski definition) is 0. The summed E-state index contributed by atoms with van der Waals surface area (Å²) in [5.74, 6) is 0. The number of piperazine rings is 1. The molecule has 0 aliphatic carbocycles. The Morgan fingerprint density at radius 2 is 2.00 bits per heavy atom. The van der Waals surface area contributed by atoms with E-state index in [1.54, 1.807) is 0 Å². The minimum atomic E-state index is -0.0776. The van der Waals surface area contributed by atoms with Crippen LogP contribution in [0.15, 0.2) is 0 Å². The van der Waals surface area contributed by atoms with Crippen molar-refractivity contribution < 1.29 is 9.53 Å². The molecule has 4 heteroatoms. The first-order chi connectivity index (χ1) is 6.27. The highest BCUT2D eigenvalue weighted by Gasteiger charge is 2.21. The van der Waals surface area contributed by atoms with Gasteiger partial charge in [0.15, 0.2) is 6.23 Å². The first kappa shape index (κ1) is 10.5. The van der Waals surface area contributed by atoms with Crippen LogP contribution >= 0.6 is 0 Å². The molecule has 1 radical (unpaired) electrons. The van der Waals surface area contributed by atoms with Crippen LogP contribution < -0.4 is 0 Å². The van der Waals surface area contributed by atoms with Crippen LogP contribution in [0.2, 0.25) is 0 Å². The van der Waals surface area contributed by atoms with Crippen LogP contribution in [-0.4, -0.2) is 55.7 Å². The number of hydrogen-bond acceptors (Lipinski definition) is 4. The second-order valence-electron chi connectivity index (χ2n) is 3.40. The molecule has 1 aliphatic heterocycles. The average molecular weight is 185 g/mol. The van der Waals surface area contributed by atoms with Gasteiger partial charge >= 0.3 is 6.47 Å². The fraction of sp³-hybridized carbons (Fsp3) is 0.889. The molecule has 1 atom stereocenters. The van der Waals surface area contributed by atoms with E-state index in [-0.39, 0.29) is 6.23 Å². The van der Waals surface area contributed by atoms with Gasteiger partial charge in [0, 0.05) is 26.2 Å². The van der Waals surface area contributed by atoms with Crippen molar-refractivity contribution in [2.24, 2.45) is 0 Å². The van der Waals surface area contributed by atoms with E-state index < -0.39 is 0 Å². The molecule has 1 unspecified atom stereocenters. The summed E-state index contributed by atoms with van der Waals surface area (Å²) >= 11 is 0. The summed E-state index contributed by atoms with van der Waals surface area (Å²) in [4.78, 5) is 14.6. The third-order valence-corrected chi connectivity index (χ3v) is 2.48. The molecule has 1 heterocycles. The Kier molecular flexibility index (Phi) is 4.18. The molecular weight excluding hydrogens is 168 g/mol. The topological polar surface area (TPSA) is 32.8 Å². The zero-order valence-corrected chi connectivity index (χ0v) is 8.32. The Bertz CT molecular complexity index is 156. The largest absolute Gasteiger partial charge is 0.438 e. The van der Waals surface area contributed by atoms with Gasteiger partial charge in [0.05, 0.1) is 0 Å². The van der Waals surface area contributed by atoms with Gasteiger partial charge in [-0.1, -0.05) is 6.92 Å². The Balaban J connectivity index is 2.36. The lowest BCUT2D eigenvalue weighted by atomic mass is 10.3. The quantitative estimate of drug-likeness (QED) is 0.620. The van der Waals surface area contributed by atoms with Crippen molar-refractivity contribution in [2.45, 2.75) is 19.6 Å². The molecule has 0 aromatic carbocycles. The van der Waals surface area contributed by atoms with Gasteiger partial charge in [-0.2, -0.15) is 0 Å². The van der Waals surface area contributed by atoms with Crippen LogP contribution in [0.25, 0.3) is 0 Å². The van der Waals surface area contributed by atoms with E-state index in [1.165, 1.54) is 6.47 Å². The predicted molar refractivity (Wildman–Crippen MR) is 49.9 cm³/mol. The van der Waals surface area contributed by atoms with Crippen LogP contribution in [-0.2, 0) is 9.53 Å². The maximum Gasteiger partial charge on any atom is 0.419 e. The molecule has 0 amide bonds. The molecule has 0 bridgehead atoms. The van der Waals surface area contributed by atoms with E-state index in [0.29, 0.717) is 0 Å². The van der Waals surface area contributed by atoms with E-state index in [2.05, 4.69) is 16.8 Å². The molecule has 0 N–H and O–H groups in total. The molecule has 0 saturated carbocycles. The van der Waals surface area contributed by atoms with Crippen molar-refractivity contribution in [3.63, 3.8) is 0 Å². The molecule has 0 aromatic heterocycles. The minimum Gasteiger partial charge on any atom is -0.438 e. The lowest BCUT2D eigenvalue weighted by molar-refractivity contribution is -0.0148. The van der Waals surface area contributed by atoms with Gasteiger partial charge < -0.3 is 9.64 Å². The van der Waals surface area contributed by atoms with Gasteiger partial charge in [0.25, 0.3) is 0 Å². The van der Waals surface area contributed by atoms with Crippen LogP contribution in [0.4, 0.5) is 0 Å². The third-order valence-electron chi connectivity index (χ3n) is 2.48. The highest BCUT2D eigenvalue weighted by molar-refractivity contribution is 5.38. The smallest absolute Gasteiger partial charge is 0.419 e. The standard InChI is InChI=1S/C9H17N2O2/c1-3-9(13-8-12)11-6-4-10(2)5-7-11/h9H,3-7H2,1-2H3. The van der Waals surface area contributed by atoms with Crippen molar-refractivity contribution >= 4 is 6.47 Å². The summed E-state index contributed by atoms with van der Waals surface area (Å²) < 4.78 is 4.87. The van der Waals surface area contributed by atoms with Crippen LogP contribution in [0, 0.1) is 0 Å². The van der Waals surface area contributed by atoms with Gasteiger partial charge in [-0.15, -0.1) is 0 Å². The van der Waals surface area contributed by atoms with E-state index in [0.717, 1.165) is 32.6 Å². The van der Waals surface area contributed by atoms with Crippen LogP contribution in [0.3, 0.4) is 0 Å². The normalized spacial score (nSPS) is 22.6. The molecular formula is C9H17N2O2. The van der Waals surface area contributed by atoms with E-state index in [9.17, 15) is 4.79 Å². The number of likely N-dealkylation sites (N-methyl/N-ethyl adjacent to an activating group) is 1. The maximum absolute atomic E-state index is 10.1. The zero-order chi connectivity index (χ0) is 9.68. The Morgan fingerprint density at radius 1 is 1.38 bits per heavy atom. The highest BCUT2D eigenvalue weighted by atomic mass is 16.5. The van der Waals surface area contributed by atoms with E-state index in [1.807, 2.05) is 6.92 Å². The van der Waals surface area contributed by atoms with E-state index in [4.69, 9.17) is 4.74 Å². The highest BCUT2D eigenvalue weighted by Crippen LogP contribution is 2.08. The zero-order valence-electron chi connectivity index (χ0n) is 8.32. The van der Waals surface area contributed by atoms with Gasteiger partial charge in [-0.3, -0.25) is 4.90 Å². The Labute approximate surface area is 79.4 Å². The number of ether oxygens (including phenoxy) is 1. The second kappa shape index (κ2) is 5.19. The number of rotatable bonds is 4. The summed E-state index contributed by atoms with van der Waals surface area (Å²) in [6.45, 7) is 7.55. The average Bonchev–Trinajstić information content (AvgIpc) is 2.16. The summed E-state index contributed by atoms with van der Waals surface area (Å²) in [6.07, 6.45) is 0.755. The fourth-order valence-electron chi connectivity index (χ4n) is 1.58. The van der Waals surface area contributed by atoms with Crippen molar-refractivity contribution in [2.75, 3.05) is 33.2 Å². The summed E-state index contributed by atoms with van der Waals surface area (Å²) in [5.41, 5.74) is 0. The number of nitrogens with zero attached hydrogens (tertiary/aromatic N) is 2. The minimum absolute atomic E-state index is 0.0776. The molecule has 0 aromatic rings. The molecule has 13 heavy (non-hydrogen) atoms. The third kappa shape index (κ3) is 2.97.